The number of benzene rings is 1. The first-order chi connectivity index (χ1) is 7.63. The first-order valence-corrected chi connectivity index (χ1v) is 4.74. The number of halogens is 1. The van der Waals surface area contributed by atoms with Gasteiger partial charge in [-0.1, -0.05) is 25.6 Å². The second-order valence-electron chi connectivity index (χ2n) is 2.46. The molecule has 0 spiro atoms. The summed E-state index contributed by atoms with van der Waals surface area (Å²) in [5.74, 6) is -0.974. The average Bonchev–Trinajstić information content (AvgIpc) is 2.25. The van der Waals surface area contributed by atoms with Crippen LogP contribution < -0.4 is 61.4 Å². The van der Waals surface area contributed by atoms with Crippen molar-refractivity contribution in [1.29, 1.82) is 0 Å². The van der Waals surface area contributed by atoms with Crippen molar-refractivity contribution in [2.45, 2.75) is 20.8 Å². The minimum absolute atomic E-state index is 0. The molecule has 0 bridgehead atoms. The Balaban J connectivity index is 0. The number of carbonyl (C=O) groups excluding carboxylic acids is 2. The molecule has 1 aromatic carbocycles. The van der Waals surface area contributed by atoms with Gasteiger partial charge in [-0.3, -0.25) is 4.79 Å². The van der Waals surface area contributed by atoms with Crippen molar-refractivity contribution in [1.82, 2.24) is 0 Å². The number of hydrogen-bond donors (Lipinski definition) is 1. The average molecular weight is 265 g/mol. The molecule has 0 fully saturated rings. The van der Waals surface area contributed by atoms with E-state index in [4.69, 9.17) is 0 Å². The number of ether oxygens (including phenoxy) is 1. The largest absolute Gasteiger partial charge is 1.00 e. The van der Waals surface area contributed by atoms with E-state index >= 15 is 0 Å². The van der Waals surface area contributed by atoms with Crippen molar-refractivity contribution >= 4 is 18.1 Å². The van der Waals surface area contributed by atoms with Crippen LogP contribution in [0.1, 0.15) is 20.8 Å². The summed E-state index contributed by atoms with van der Waals surface area (Å²) in [4.78, 5) is 20.5. The van der Waals surface area contributed by atoms with Gasteiger partial charge < -0.3 is 14.8 Å². The third-order valence-electron chi connectivity index (χ3n) is 1.39. The summed E-state index contributed by atoms with van der Waals surface area (Å²) in [5, 5.41) is 2.02. The van der Waals surface area contributed by atoms with Crippen LogP contribution >= 0.6 is 0 Å². The molecule has 1 rings (SSSR count). The molecule has 0 aliphatic rings. The zero-order chi connectivity index (χ0) is 12.6. The van der Waals surface area contributed by atoms with E-state index in [-0.39, 0.29) is 62.8 Å². The van der Waals surface area contributed by atoms with E-state index in [1.165, 1.54) is 25.5 Å². The van der Waals surface area contributed by atoms with Gasteiger partial charge in [0.2, 0.25) is 0 Å². The van der Waals surface area contributed by atoms with Crippen molar-refractivity contribution in [3.63, 3.8) is 0 Å². The van der Waals surface area contributed by atoms with Gasteiger partial charge in [0, 0.05) is 6.92 Å². The Kier molecular flexibility index (Phi) is 12.2. The Morgan fingerprint density at radius 3 is 2.47 bits per heavy atom. The van der Waals surface area contributed by atoms with E-state index in [9.17, 15) is 14.0 Å². The fourth-order valence-corrected chi connectivity index (χ4v) is 0.885. The summed E-state index contributed by atoms with van der Waals surface area (Å²) >= 11 is 0. The molecule has 88 valence electrons. The number of amides is 1. The minimum Gasteiger partial charge on any atom is -0.488 e. The van der Waals surface area contributed by atoms with Gasteiger partial charge in [0.1, 0.15) is 5.75 Å². The molecule has 1 aromatic rings. The van der Waals surface area contributed by atoms with Gasteiger partial charge in [-0.15, -0.1) is 0 Å². The van der Waals surface area contributed by atoms with Crippen LogP contribution in [0, 0.1) is 5.82 Å². The van der Waals surface area contributed by atoms with Gasteiger partial charge >= 0.3 is 57.4 Å². The SMILES string of the molecule is CC.CC(=O)Oc1ccc(F)c(N[C-]=O)c1.[K+]. The second-order valence-corrected chi connectivity index (χ2v) is 2.46. The maximum absolute atomic E-state index is 12.9. The van der Waals surface area contributed by atoms with Gasteiger partial charge in [0.05, 0.1) is 12.2 Å². The first-order valence-electron chi connectivity index (χ1n) is 4.74. The fourth-order valence-electron chi connectivity index (χ4n) is 0.885. The van der Waals surface area contributed by atoms with E-state index in [2.05, 4.69) is 4.74 Å². The Labute approximate surface area is 142 Å². The Morgan fingerprint density at radius 1 is 1.41 bits per heavy atom. The van der Waals surface area contributed by atoms with Crippen molar-refractivity contribution in [3.8, 4) is 5.75 Å². The molecule has 0 unspecified atom stereocenters. The standard InChI is InChI=1S/C9H7FNO3.C2H6.K/c1-6(13)14-7-2-3-8(10)9(4-7)11-5-12;1-2;/h2-4H,1H3,(H,11,12);1-2H3;/q-1;;+1. The fraction of sp³-hybridized carbons (Fsp3) is 0.273. The van der Waals surface area contributed by atoms with Crippen LogP contribution in [0.2, 0.25) is 0 Å². The summed E-state index contributed by atoms with van der Waals surface area (Å²) in [6.07, 6.45) is 1.32. The molecule has 0 saturated carbocycles. The van der Waals surface area contributed by atoms with Crippen LogP contribution in [0.25, 0.3) is 0 Å². The summed E-state index contributed by atoms with van der Waals surface area (Å²) in [5.41, 5.74) is -0.0845. The second kappa shape index (κ2) is 10.9. The molecular weight excluding hydrogens is 252 g/mol. The summed E-state index contributed by atoms with van der Waals surface area (Å²) < 4.78 is 17.6. The predicted molar refractivity (Wildman–Crippen MR) is 58.4 cm³/mol. The zero-order valence-corrected chi connectivity index (χ0v) is 13.5. The van der Waals surface area contributed by atoms with Crippen LogP contribution in [0.4, 0.5) is 10.1 Å². The molecule has 0 aliphatic carbocycles. The monoisotopic (exact) mass is 265 g/mol. The minimum atomic E-state index is -0.621. The van der Waals surface area contributed by atoms with Crippen molar-refractivity contribution in [3.05, 3.63) is 24.0 Å². The van der Waals surface area contributed by atoms with Crippen LogP contribution in [0.15, 0.2) is 18.2 Å². The predicted octanol–water partition coefficient (Wildman–Crippen LogP) is -0.740. The van der Waals surface area contributed by atoms with Crippen LogP contribution in [0.3, 0.4) is 0 Å². The van der Waals surface area contributed by atoms with E-state index < -0.39 is 11.8 Å². The quantitative estimate of drug-likeness (QED) is 0.257. The van der Waals surface area contributed by atoms with E-state index in [1.807, 2.05) is 19.2 Å². The van der Waals surface area contributed by atoms with Gasteiger partial charge in [-0.25, -0.2) is 4.39 Å². The molecule has 0 heterocycles. The molecule has 0 saturated heterocycles. The van der Waals surface area contributed by atoms with Gasteiger partial charge in [-0.2, -0.15) is 0 Å². The number of nitrogens with one attached hydrogen (secondary N) is 1. The van der Waals surface area contributed by atoms with Gasteiger partial charge in [0.15, 0.2) is 0 Å². The van der Waals surface area contributed by atoms with Crippen molar-refractivity contribution in [2.75, 3.05) is 5.32 Å². The normalized spacial score (nSPS) is 8.00. The summed E-state index contributed by atoms with van der Waals surface area (Å²) in [6, 6.07) is 3.56. The molecule has 0 atom stereocenters. The maximum Gasteiger partial charge on any atom is 1.00 e. The van der Waals surface area contributed by atoms with Crippen molar-refractivity contribution in [2.24, 2.45) is 0 Å². The molecule has 0 radical (unpaired) electrons. The maximum atomic E-state index is 12.9. The zero-order valence-electron chi connectivity index (χ0n) is 10.3. The van der Waals surface area contributed by atoms with E-state index in [0.717, 1.165) is 6.07 Å². The number of hydrogen-bond acceptors (Lipinski definition) is 3. The third kappa shape index (κ3) is 7.61. The molecule has 1 amide bonds. The number of carbonyl (C=O) groups is 1. The Morgan fingerprint density at radius 2 is 2.00 bits per heavy atom. The summed E-state index contributed by atoms with van der Waals surface area (Å²) in [7, 11) is 0. The molecular formula is C11H13FKNO3. The first kappa shape index (κ1) is 19.1. The van der Waals surface area contributed by atoms with E-state index in [0.29, 0.717) is 0 Å². The number of esters is 1. The van der Waals surface area contributed by atoms with Gasteiger partial charge in [0.25, 0.3) is 0 Å². The van der Waals surface area contributed by atoms with Crippen LogP contribution in [-0.2, 0) is 9.59 Å². The van der Waals surface area contributed by atoms with Gasteiger partial charge in [-0.05, 0) is 12.1 Å². The third-order valence-corrected chi connectivity index (χ3v) is 1.39. The Hall–Kier alpha value is -0.274. The van der Waals surface area contributed by atoms with Crippen LogP contribution in [-0.4, -0.2) is 12.4 Å². The van der Waals surface area contributed by atoms with E-state index in [1.54, 1.807) is 0 Å². The van der Waals surface area contributed by atoms with Crippen molar-refractivity contribution < 1.29 is 70.1 Å². The van der Waals surface area contributed by atoms with Crippen LogP contribution in [0.5, 0.6) is 5.75 Å². The topological polar surface area (TPSA) is 55.4 Å². The Bertz CT molecular complexity index is 372. The molecule has 6 heteroatoms. The molecule has 17 heavy (non-hydrogen) atoms. The molecule has 0 aromatic heterocycles. The molecule has 1 N–H and O–H groups in total. The smallest absolute Gasteiger partial charge is 0.488 e. The molecule has 0 aliphatic heterocycles. The number of anilines is 1. The summed E-state index contributed by atoms with van der Waals surface area (Å²) in [6.45, 7) is 5.22. The molecule has 4 nitrogen and oxygen atoms in total. The number of rotatable bonds is 3.